The molecule has 0 aliphatic carbocycles. The van der Waals surface area contributed by atoms with Gasteiger partial charge in [-0.15, -0.1) is 0 Å². The average molecular weight is 297 g/mol. The number of nitrogens with two attached hydrogens (primary N) is 1. The molecule has 0 saturated heterocycles. The molecule has 0 bridgehead atoms. The number of nitrogen functional groups attached to an aromatic ring is 1. The first kappa shape index (κ1) is 15.4. The number of aromatic nitrogens is 2. The number of nitrogens with zero attached hydrogens (tertiary/aromatic N) is 2. The highest BCUT2D eigenvalue weighted by atomic mass is 19.2. The summed E-state index contributed by atoms with van der Waals surface area (Å²) < 4.78 is 42.1. The van der Waals surface area contributed by atoms with E-state index in [1.807, 2.05) is 27.7 Å². The highest BCUT2D eigenvalue weighted by Crippen LogP contribution is 2.33. The fourth-order valence-corrected chi connectivity index (χ4v) is 2.37. The van der Waals surface area contributed by atoms with Gasteiger partial charge in [0, 0.05) is 23.6 Å². The molecule has 0 atom stereocenters. The molecule has 114 valence electrons. The van der Waals surface area contributed by atoms with E-state index >= 15 is 0 Å². The second kappa shape index (κ2) is 5.09. The van der Waals surface area contributed by atoms with Gasteiger partial charge in [-0.25, -0.2) is 18.2 Å². The van der Waals surface area contributed by atoms with Crippen LogP contribution < -0.4 is 5.73 Å². The Labute approximate surface area is 121 Å². The van der Waals surface area contributed by atoms with Gasteiger partial charge in [0.05, 0.1) is 0 Å². The molecule has 0 aliphatic rings. The van der Waals surface area contributed by atoms with Gasteiger partial charge in [-0.05, 0) is 26.8 Å². The van der Waals surface area contributed by atoms with Gasteiger partial charge < -0.3 is 10.3 Å². The monoisotopic (exact) mass is 297 g/mol. The summed E-state index contributed by atoms with van der Waals surface area (Å²) in [5.41, 5.74) is 5.72. The predicted octanol–water partition coefficient (Wildman–Crippen LogP) is 3.87. The van der Waals surface area contributed by atoms with Crippen molar-refractivity contribution in [1.29, 1.82) is 0 Å². The first-order valence-corrected chi connectivity index (χ1v) is 6.69. The van der Waals surface area contributed by atoms with Crippen LogP contribution in [0.15, 0.2) is 12.1 Å². The van der Waals surface area contributed by atoms with E-state index in [2.05, 4.69) is 4.98 Å². The zero-order chi connectivity index (χ0) is 15.9. The van der Waals surface area contributed by atoms with Crippen molar-refractivity contribution in [2.75, 3.05) is 5.73 Å². The van der Waals surface area contributed by atoms with Crippen LogP contribution in [0.1, 0.15) is 33.5 Å². The number of imidazole rings is 1. The Kier molecular flexibility index (Phi) is 3.74. The van der Waals surface area contributed by atoms with Crippen LogP contribution in [0.3, 0.4) is 0 Å². The van der Waals surface area contributed by atoms with Crippen LogP contribution in [0.5, 0.6) is 0 Å². The van der Waals surface area contributed by atoms with Gasteiger partial charge in [0.25, 0.3) is 0 Å². The van der Waals surface area contributed by atoms with Crippen molar-refractivity contribution in [2.24, 2.45) is 0 Å². The standard InChI is InChI=1S/C15H18F3N3/c1-5-12-20-13(14(19)21(12)15(2,3)4)8-6-10(17)11(18)7-9(8)16/h6-7H,5,19H2,1-4H3. The lowest BCUT2D eigenvalue weighted by Gasteiger charge is -2.24. The predicted molar refractivity (Wildman–Crippen MR) is 76.3 cm³/mol. The van der Waals surface area contributed by atoms with E-state index in [4.69, 9.17) is 5.73 Å². The summed E-state index contributed by atoms with van der Waals surface area (Å²) in [6, 6.07) is 1.29. The van der Waals surface area contributed by atoms with E-state index in [1.54, 1.807) is 4.57 Å². The molecule has 2 N–H and O–H groups in total. The summed E-state index contributed by atoms with van der Waals surface area (Å²) in [5, 5.41) is 0. The van der Waals surface area contributed by atoms with Crippen molar-refractivity contribution in [2.45, 2.75) is 39.7 Å². The summed E-state index contributed by atoms with van der Waals surface area (Å²) in [7, 11) is 0. The van der Waals surface area contributed by atoms with Crippen LogP contribution in [0.4, 0.5) is 19.0 Å². The van der Waals surface area contributed by atoms with Crippen molar-refractivity contribution in [3.05, 3.63) is 35.4 Å². The minimum atomic E-state index is -1.24. The fourth-order valence-electron chi connectivity index (χ4n) is 2.37. The molecule has 2 aromatic rings. The summed E-state index contributed by atoms with van der Waals surface area (Å²) >= 11 is 0. The third kappa shape index (κ3) is 2.62. The van der Waals surface area contributed by atoms with E-state index in [0.717, 1.165) is 6.07 Å². The largest absolute Gasteiger partial charge is 0.383 e. The maximum absolute atomic E-state index is 13.9. The van der Waals surface area contributed by atoms with Crippen LogP contribution in [0.2, 0.25) is 0 Å². The number of benzene rings is 1. The topological polar surface area (TPSA) is 43.8 Å². The number of rotatable bonds is 2. The Morgan fingerprint density at radius 3 is 2.14 bits per heavy atom. The summed E-state index contributed by atoms with van der Waals surface area (Å²) in [6.07, 6.45) is 0.590. The Balaban J connectivity index is 2.72. The van der Waals surface area contributed by atoms with E-state index < -0.39 is 17.5 Å². The molecule has 0 saturated carbocycles. The Morgan fingerprint density at radius 1 is 1.10 bits per heavy atom. The van der Waals surface area contributed by atoms with Gasteiger partial charge in [-0.1, -0.05) is 6.92 Å². The van der Waals surface area contributed by atoms with E-state index in [0.29, 0.717) is 18.3 Å². The normalized spacial score (nSPS) is 12.0. The maximum Gasteiger partial charge on any atom is 0.161 e. The number of aryl methyl sites for hydroxylation is 1. The van der Waals surface area contributed by atoms with Gasteiger partial charge >= 0.3 is 0 Å². The van der Waals surface area contributed by atoms with E-state index in [-0.39, 0.29) is 22.6 Å². The molecule has 1 aromatic carbocycles. The first-order chi connectivity index (χ1) is 9.66. The smallest absolute Gasteiger partial charge is 0.161 e. The molecule has 0 radical (unpaired) electrons. The lowest BCUT2D eigenvalue weighted by molar-refractivity contribution is 0.389. The van der Waals surface area contributed by atoms with Crippen molar-refractivity contribution < 1.29 is 13.2 Å². The van der Waals surface area contributed by atoms with Gasteiger partial charge in [0.15, 0.2) is 11.6 Å². The third-order valence-corrected chi connectivity index (χ3v) is 3.23. The molecule has 21 heavy (non-hydrogen) atoms. The van der Waals surface area contributed by atoms with Gasteiger partial charge in [0.1, 0.15) is 23.2 Å². The first-order valence-electron chi connectivity index (χ1n) is 6.69. The van der Waals surface area contributed by atoms with Crippen molar-refractivity contribution in [3.63, 3.8) is 0 Å². The SMILES string of the molecule is CCc1nc(-c2cc(F)c(F)cc2F)c(N)n1C(C)(C)C. The molecule has 0 spiro atoms. The highest BCUT2D eigenvalue weighted by molar-refractivity contribution is 5.72. The Hall–Kier alpha value is -1.98. The second-order valence-electron chi connectivity index (χ2n) is 5.87. The van der Waals surface area contributed by atoms with Crippen LogP contribution in [-0.4, -0.2) is 9.55 Å². The molecule has 1 heterocycles. The van der Waals surface area contributed by atoms with Crippen molar-refractivity contribution in [1.82, 2.24) is 9.55 Å². The molecule has 0 amide bonds. The molecule has 0 fully saturated rings. The summed E-state index contributed by atoms with van der Waals surface area (Å²) in [5.74, 6) is -2.35. The van der Waals surface area contributed by atoms with Crippen LogP contribution in [0.25, 0.3) is 11.3 Å². The summed E-state index contributed by atoms with van der Waals surface area (Å²) in [4.78, 5) is 4.31. The Bertz CT molecular complexity index is 684. The van der Waals surface area contributed by atoms with Gasteiger partial charge in [-0.2, -0.15) is 0 Å². The fraction of sp³-hybridized carbons (Fsp3) is 0.400. The number of hydrogen-bond acceptors (Lipinski definition) is 2. The molecule has 0 aliphatic heterocycles. The Morgan fingerprint density at radius 2 is 1.67 bits per heavy atom. The van der Waals surface area contributed by atoms with Crippen molar-refractivity contribution in [3.8, 4) is 11.3 Å². The molecule has 6 heteroatoms. The van der Waals surface area contributed by atoms with Crippen LogP contribution in [0, 0.1) is 17.5 Å². The maximum atomic E-state index is 13.9. The second-order valence-corrected chi connectivity index (χ2v) is 5.87. The summed E-state index contributed by atoms with van der Waals surface area (Å²) in [6.45, 7) is 7.72. The third-order valence-electron chi connectivity index (χ3n) is 3.23. The lowest BCUT2D eigenvalue weighted by Crippen LogP contribution is -2.25. The molecular weight excluding hydrogens is 279 g/mol. The van der Waals surface area contributed by atoms with Crippen LogP contribution in [-0.2, 0) is 12.0 Å². The molecular formula is C15H18F3N3. The number of anilines is 1. The molecule has 3 nitrogen and oxygen atoms in total. The van der Waals surface area contributed by atoms with Gasteiger partial charge in [0.2, 0.25) is 0 Å². The molecule has 2 rings (SSSR count). The van der Waals surface area contributed by atoms with E-state index in [9.17, 15) is 13.2 Å². The zero-order valence-electron chi connectivity index (χ0n) is 12.5. The highest BCUT2D eigenvalue weighted by Gasteiger charge is 2.25. The molecule has 0 unspecified atom stereocenters. The zero-order valence-corrected chi connectivity index (χ0v) is 12.5. The average Bonchev–Trinajstić information content (AvgIpc) is 2.70. The van der Waals surface area contributed by atoms with Gasteiger partial charge in [-0.3, -0.25) is 0 Å². The minimum absolute atomic E-state index is 0.135. The number of halogens is 3. The van der Waals surface area contributed by atoms with Crippen LogP contribution >= 0.6 is 0 Å². The lowest BCUT2D eigenvalue weighted by atomic mass is 10.1. The quantitative estimate of drug-likeness (QED) is 0.855. The minimum Gasteiger partial charge on any atom is -0.383 e. The van der Waals surface area contributed by atoms with E-state index in [1.165, 1.54) is 0 Å². The van der Waals surface area contributed by atoms with Crippen molar-refractivity contribution >= 4 is 5.82 Å². The molecule has 1 aromatic heterocycles. The number of hydrogen-bond donors (Lipinski definition) is 1.